The lowest BCUT2D eigenvalue weighted by molar-refractivity contribution is -0.138. The lowest BCUT2D eigenvalue weighted by Crippen LogP contribution is -2.41. The van der Waals surface area contributed by atoms with Gasteiger partial charge in [-0.1, -0.05) is 26.0 Å². The van der Waals surface area contributed by atoms with Crippen molar-refractivity contribution in [3.63, 3.8) is 0 Å². The van der Waals surface area contributed by atoms with Crippen LogP contribution in [0.3, 0.4) is 0 Å². The summed E-state index contributed by atoms with van der Waals surface area (Å²) in [5.74, 6) is -0.215. The number of carboxylic acids is 1. The Labute approximate surface area is 168 Å². The van der Waals surface area contributed by atoms with E-state index in [4.69, 9.17) is 5.11 Å². The highest BCUT2D eigenvalue weighted by Gasteiger charge is 2.29. The summed E-state index contributed by atoms with van der Waals surface area (Å²) in [5, 5.41) is 23.4. The van der Waals surface area contributed by atoms with E-state index in [1.807, 2.05) is 11.9 Å². The smallest absolute Gasteiger partial charge is 0.335 e. The lowest BCUT2D eigenvalue weighted by atomic mass is 9.91. The molecular weight excluding hydrogens is 356 g/mol. The van der Waals surface area contributed by atoms with Crippen LogP contribution in [0.2, 0.25) is 0 Å². The van der Waals surface area contributed by atoms with Crippen LogP contribution in [0.4, 0.5) is 0 Å². The number of benzene rings is 1. The topological polar surface area (TPSA) is 81.1 Å². The Bertz CT molecular complexity index is 655. The zero-order chi connectivity index (χ0) is 20.7. The number of carboxylic acid groups (broad SMARTS) is 1. The second-order valence-corrected chi connectivity index (χ2v) is 8.51. The van der Waals surface area contributed by atoms with Gasteiger partial charge in [-0.25, -0.2) is 9.80 Å². The van der Waals surface area contributed by atoms with Gasteiger partial charge < -0.3 is 10.2 Å². The molecule has 1 fully saturated rings. The molecule has 2 N–H and O–H groups in total. The van der Waals surface area contributed by atoms with E-state index in [0.717, 1.165) is 44.3 Å². The third kappa shape index (κ3) is 6.91. The summed E-state index contributed by atoms with van der Waals surface area (Å²) in [6, 6.07) is 6.81. The predicted octanol–water partition coefficient (Wildman–Crippen LogP) is 3.34. The Morgan fingerprint density at radius 3 is 2.46 bits per heavy atom. The minimum atomic E-state index is -0.934. The van der Waals surface area contributed by atoms with Crippen molar-refractivity contribution in [3.05, 3.63) is 35.4 Å². The first-order valence-electron chi connectivity index (χ1n) is 10.3. The van der Waals surface area contributed by atoms with Gasteiger partial charge in [-0.2, -0.15) is 0 Å². The summed E-state index contributed by atoms with van der Waals surface area (Å²) < 4.78 is 0. The molecule has 1 atom stereocenters. The standard InChI is InChI=1S/C22H34N2O4/c1-17(2)9-13-22(3,28)12-4-14-23-15-11-20(25)24(23)16-10-18-5-7-19(8-6-18)21(26)27/h5-8,17,28H,4,9-16H2,1-3H3,(H,26,27). The monoisotopic (exact) mass is 390 g/mol. The maximum atomic E-state index is 12.2. The molecule has 6 nitrogen and oxygen atoms in total. The van der Waals surface area contributed by atoms with Crippen LogP contribution in [0, 0.1) is 5.92 Å². The van der Waals surface area contributed by atoms with Gasteiger partial charge in [0.05, 0.1) is 11.2 Å². The van der Waals surface area contributed by atoms with E-state index in [1.165, 1.54) is 0 Å². The van der Waals surface area contributed by atoms with Crippen molar-refractivity contribution >= 4 is 11.9 Å². The molecule has 0 aliphatic carbocycles. The zero-order valence-corrected chi connectivity index (χ0v) is 17.4. The third-order valence-corrected chi connectivity index (χ3v) is 5.42. The Kier molecular flexibility index (Phi) is 8.01. The maximum Gasteiger partial charge on any atom is 0.335 e. The average Bonchev–Trinajstić information content (AvgIpc) is 2.98. The van der Waals surface area contributed by atoms with Gasteiger partial charge in [-0.3, -0.25) is 9.80 Å². The predicted molar refractivity (Wildman–Crippen MR) is 109 cm³/mol. The highest BCUT2D eigenvalue weighted by molar-refractivity contribution is 5.87. The highest BCUT2D eigenvalue weighted by atomic mass is 16.4. The number of hydrogen-bond donors (Lipinski definition) is 2. The largest absolute Gasteiger partial charge is 0.478 e. The first kappa shape index (κ1) is 22.4. The summed E-state index contributed by atoms with van der Waals surface area (Å²) in [6.45, 7) is 8.32. The normalized spacial score (nSPS) is 17.3. The van der Waals surface area contributed by atoms with Crippen LogP contribution in [0.5, 0.6) is 0 Å². The Hall–Kier alpha value is -1.92. The van der Waals surface area contributed by atoms with Crippen molar-refractivity contribution in [1.82, 2.24) is 10.0 Å². The Morgan fingerprint density at radius 1 is 1.18 bits per heavy atom. The molecule has 1 heterocycles. The molecule has 1 amide bonds. The molecule has 0 bridgehead atoms. The van der Waals surface area contributed by atoms with E-state index in [-0.39, 0.29) is 11.5 Å². The first-order valence-corrected chi connectivity index (χ1v) is 10.3. The van der Waals surface area contributed by atoms with Gasteiger partial charge in [0.15, 0.2) is 0 Å². The number of rotatable bonds is 11. The second-order valence-electron chi connectivity index (χ2n) is 8.51. The molecule has 6 heteroatoms. The van der Waals surface area contributed by atoms with E-state index in [9.17, 15) is 14.7 Å². The summed E-state index contributed by atoms with van der Waals surface area (Å²) in [6.07, 6.45) is 4.62. The zero-order valence-electron chi connectivity index (χ0n) is 17.4. The van der Waals surface area contributed by atoms with Crippen molar-refractivity contribution in [2.24, 2.45) is 5.92 Å². The molecule has 1 saturated heterocycles. The minimum absolute atomic E-state index is 0.133. The second kappa shape index (κ2) is 10.0. The van der Waals surface area contributed by atoms with Crippen LogP contribution in [0.25, 0.3) is 0 Å². The van der Waals surface area contributed by atoms with E-state index in [1.54, 1.807) is 24.3 Å². The summed E-state index contributed by atoms with van der Waals surface area (Å²) in [7, 11) is 0. The van der Waals surface area contributed by atoms with Gasteiger partial charge in [0, 0.05) is 26.1 Å². The summed E-state index contributed by atoms with van der Waals surface area (Å²) >= 11 is 0. The van der Waals surface area contributed by atoms with E-state index < -0.39 is 11.6 Å². The van der Waals surface area contributed by atoms with Gasteiger partial charge in [-0.15, -0.1) is 0 Å². The highest BCUT2D eigenvalue weighted by Crippen LogP contribution is 2.23. The number of carbonyl (C=O) groups excluding carboxylic acids is 1. The van der Waals surface area contributed by atoms with Crippen LogP contribution in [-0.2, 0) is 11.2 Å². The number of nitrogens with zero attached hydrogens (tertiary/aromatic N) is 2. The number of carbonyl (C=O) groups is 2. The van der Waals surface area contributed by atoms with Crippen molar-refractivity contribution in [3.8, 4) is 0 Å². The van der Waals surface area contributed by atoms with Crippen LogP contribution in [0.15, 0.2) is 24.3 Å². The van der Waals surface area contributed by atoms with Crippen LogP contribution < -0.4 is 0 Å². The molecule has 1 aromatic carbocycles. The fourth-order valence-corrected chi connectivity index (χ4v) is 3.55. The molecule has 28 heavy (non-hydrogen) atoms. The number of aliphatic hydroxyl groups is 1. The van der Waals surface area contributed by atoms with Crippen LogP contribution in [-0.4, -0.2) is 57.3 Å². The lowest BCUT2D eigenvalue weighted by Gasteiger charge is -2.30. The molecular formula is C22H34N2O4. The summed E-state index contributed by atoms with van der Waals surface area (Å²) in [4.78, 5) is 23.2. The molecule has 156 valence electrons. The van der Waals surface area contributed by atoms with Gasteiger partial charge in [-0.05, 0) is 62.6 Å². The molecule has 0 saturated carbocycles. The maximum absolute atomic E-state index is 12.2. The fraction of sp³-hybridized carbons (Fsp3) is 0.636. The molecule has 0 aromatic heterocycles. The van der Waals surface area contributed by atoms with Gasteiger partial charge >= 0.3 is 5.97 Å². The molecule has 1 aromatic rings. The Balaban J connectivity index is 1.81. The summed E-state index contributed by atoms with van der Waals surface area (Å²) in [5.41, 5.74) is 0.637. The molecule has 1 aliphatic heterocycles. The molecule has 1 aliphatic rings. The quantitative estimate of drug-likeness (QED) is 0.606. The van der Waals surface area contributed by atoms with Crippen LogP contribution in [0.1, 0.15) is 68.8 Å². The first-order chi connectivity index (χ1) is 13.2. The van der Waals surface area contributed by atoms with Gasteiger partial charge in [0.2, 0.25) is 5.91 Å². The van der Waals surface area contributed by atoms with Crippen molar-refractivity contribution in [2.75, 3.05) is 19.6 Å². The number of hydrazine groups is 1. The fourth-order valence-electron chi connectivity index (χ4n) is 3.55. The average molecular weight is 391 g/mol. The third-order valence-electron chi connectivity index (χ3n) is 5.42. The van der Waals surface area contributed by atoms with E-state index in [0.29, 0.717) is 25.3 Å². The molecule has 0 spiro atoms. The molecule has 1 unspecified atom stereocenters. The Morgan fingerprint density at radius 2 is 1.86 bits per heavy atom. The van der Waals surface area contributed by atoms with Crippen molar-refractivity contribution in [2.45, 2.75) is 64.9 Å². The van der Waals surface area contributed by atoms with Crippen LogP contribution >= 0.6 is 0 Å². The number of amides is 1. The minimum Gasteiger partial charge on any atom is -0.478 e. The molecule has 0 radical (unpaired) electrons. The van der Waals surface area contributed by atoms with Crippen molar-refractivity contribution < 1.29 is 19.8 Å². The van der Waals surface area contributed by atoms with Gasteiger partial charge in [0.25, 0.3) is 0 Å². The van der Waals surface area contributed by atoms with E-state index in [2.05, 4.69) is 18.9 Å². The number of hydrogen-bond acceptors (Lipinski definition) is 4. The van der Waals surface area contributed by atoms with E-state index >= 15 is 0 Å². The SMILES string of the molecule is CC(C)CCC(C)(O)CCCN1CCC(=O)N1CCc1ccc(C(=O)O)cc1. The van der Waals surface area contributed by atoms with Crippen molar-refractivity contribution in [1.29, 1.82) is 0 Å². The molecule has 2 rings (SSSR count). The van der Waals surface area contributed by atoms with Gasteiger partial charge in [0.1, 0.15) is 0 Å². The number of aromatic carboxylic acids is 1.